The standard InChI is InChI=1S/C16H12ClN3O3.C10H21N/c1-9-3-2-4-11-13(19-8-21)15(23-14(9)11)16(22)20-12-6-5-10(17)7-18-12;1-9-4-6-10(7-5-9)8-11(2)3/h2-8H,1H3,(H,19,21)(H,18,20,22);9-10H,4-8H2,1-3H3. The fraction of sp³-hybridized carbons (Fsp3) is 0.423. The molecule has 0 radical (unpaired) electrons. The third kappa shape index (κ3) is 6.81. The first kappa shape index (κ1) is 25.7. The van der Waals surface area contributed by atoms with Crippen LogP contribution in [-0.2, 0) is 4.79 Å². The van der Waals surface area contributed by atoms with Crippen LogP contribution in [0.3, 0.4) is 0 Å². The van der Waals surface area contributed by atoms with Crippen LogP contribution in [0.1, 0.15) is 48.7 Å². The van der Waals surface area contributed by atoms with Crippen LogP contribution in [0.4, 0.5) is 11.5 Å². The second-order valence-corrected chi connectivity index (χ2v) is 9.66. The maximum Gasteiger partial charge on any atom is 0.294 e. The molecule has 1 fully saturated rings. The number of pyridine rings is 1. The zero-order chi connectivity index (χ0) is 24.7. The van der Waals surface area contributed by atoms with E-state index < -0.39 is 5.91 Å². The number of aryl methyl sites for hydroxylation is 1. The minimum absolute atomic E-state index is 0.0122. The molecular formula is C26H33ClN4O3. The first-order valence-corrected chi connectivity index (χ1v) is 12.0. The van der Waals surface area contributed by atoms with Crippen molar-refractivity contribution in [1.29, 1.82) is 0 Å². The van der Waals surface area contributed by atoms with Crippen LogP contribution in [0.25, 0.3) is 11.0 Å². The Morgan fingerprint density at radius 3 is 2.56 bits per heavy atom. The summed E-state index contributed by atoms with van der Waals surface area (Å²) in [5.74, 6) is 1.81. The Hall–Kier alpha value is -2.90. The van der Waals surface area contributed by atoms with Crippen LogP contribution in [0.5, 0.6) is 0 Å². The fourth-order valence-electron chi connectivity index (χ4n) is 4.27. The lowest BCUT2D eigenvalue weighted by Crippen LogP contribution is -2.25. The van der Waals surface area contributed by atoms with Crippen LogP contribution in [-0.4, -0.2) is 42.8 Å². The van der Waals surface area contributed by atoms with Crippen molar-refractivity contribution < 1.29 is 14.0 Å². The van der Waals surface area contributed by atoms with Gasteiger partial charge in [0.1, 0.15) is 17.1 Å². The molecule has 4 rings (SSSR count). The van der Waals surface area contributed by atoms with Gasteiger partial charge in [0, 0.05) is 18.1 Å². The summed E-state index contributed by atoms with van der Waals surface area (Å²) >= 11 is 5.76. The van der Waals surface area contributed by atoms with E-state index in [0.717, 1.165) is 17.4 Å². The molecule has 2 heterocycles. The number of rotatable bonds is 6. The molecule has 34 heavy (non-hydrogen) atoms. The molecule has 0 spiro atoms. The molecule has 2 N–H and O–H groups in total. The van der Waals surface area contributed by atoms with Crippen LogP contribution in [0.2, 0.25) is 5.02 Å². The van der Waals surface area contributed by atoms with Crippen molar-refractivity contribution in [3.8, 4) is 0 Å². The lowest BCUT2D eigenvalue weighted by Gasteiger charge is -2.28. The summed E-state index contributed by atoms with van der Waals surface area (Å²) in [6, 6.07) is 8.64. The number of para-hydroxylation sites is 1. The van der Waals surface area contributed by atoms with E-state index in [0.29, 0.717) is 33.9 Å². The van der Waals surface area contributed by atoms with Crippen LogP contribution < -0.4 is 10.6 Å². The Morgan fingerprint density at radius 1 is 1.21 bits per heavy atom. The van der Waals surface area contributed by atoms with E-state index in [2.05, 4.69) is 41.5 Å². The summed E-state index contributed by atoms with van der Waals surface area (Å²) in [6.45, 7) is 5.54. The van der Waals surface area contributed by atoms with Gasteiger partial charge in [-0.15, -0.1) is 0 Å². The highest BCUT2D eigenvalue weighted by molar-refractivity contribution is 6.30. The topological polar surface area (TPSA) is 87.5 Å². The van der Waals surface area contributed by atoms with Gasteiger partial charge in [-0.05, 0) is 69.5 Å². The SMILES string of the molecule is CC1CCC(CN(C)C)CC1.Cc1cccc2c(NC=O)c(C(=O)Nc3ccc(Cl)cn3)oc12. The predicted molar refractivity (Wildman–Crippen MR) is 138 cm³/mol. The largest absolute Gasteiger partial charge is 0.448 e. The van der Waals surface area contributed by atoms with E-state index in [9.17, 15) is 9.59 Å². The number of halogens is 1. The minimum atomic E-state index is -0.514. The molecule has 0 saturated heterocycles. The maximum atomic E-state index is 12.4. The number of hydrogen-bond acceptors (Lipinski definition) is 5. The molecule has 2 aromatic heterocycles. The minimum Gasteiger partial charge on any atom is -0.448 e. The average Bonchev–Trinajstić information content (AvgIpc) is 3.17. The lowest BCUT2D eigenvalue weighted by atomic mass is 9.83. The highest BCUT2D eigenvalue weighted by atomic mass is 35.5. The van der Waals surface area contributed by atoms with Crippen molar-refractivity contribution >= 4 is 46.4 Å². The molecule has 0 unspecified atom stereocenters. The number of carbonyl (C=O) groups is 2. The van der Waals surface area contributed by atoms with Gasteiger partial charge in [-0.25, -0.2) is 4.98 Å². The normalized spacial score (nSPS) is 17.7. The third-order valence-electron chi connectivity index (χ3n) is 6.05. The van der Waals surface area contributed by atoms with Gasteiger partial charge in [0.2, 0.25) is 12.2 Å². The van der Waals surface area contributed by atoms with Gasteiger partial charge in [0.15, 0.2) is 0 Å². The van der Waals surface area contributed by atoms with Crippen LogP contribution >= 0.6 is 11.6 Å². The second kappa shape index (κ2) is 12.0. The van der Waals surface area contributed by atoms with Gasteiger partial charge in [-0.2, -0.15) is 0 Å². The molecule has 7 nitrogen and oxygen atoms in total. The van der Waals surface area contributed by atoms with Gasteiger partial charge in [-0.3, -0.25) is 9.59 Å². The summed E-state index contributed by atoms with van der Waals surface area (Å²) in [5.41, 5.74) is 1.73. The van der Waals surface area contributed by atoms with E-state index in [1.807, 2.05) is 19.1 Å². The summed E-state index contributed by atoms with van der Waals surface area (Å²) in [7, 11) is 4.36. The molecule has 0 aliphatic heterocycles. The molecule has 2 amide bonds. The van der Waals surface area contributed by atoms with Gasteiger partial charge in [0.25, 0.3) is 5.91 Å². The highest BCUT2D eigenvalue weighted by Crippen LogP contribution is 2.33. The van der Waals surface area contributed by atoms with Gasteiger partial charge < -0.3 is 20.0 Å². The Bertz CT molecular complexity index is 1100. The molecule has 3 aromatic rings. The maximum absolute atomic E-state index is 12.4. The van der Waals surface area contributed by atoms with E-state index in [1.165, 1.54) is 38.4 Å². The predicted octanol–water partition coefficient (Wildman–Crippen LogP) is 5.98. The lowest BCUT2D eigenvalue weighted by molar-refractivity contribution is -0.105. The molecular weight excluding hydrogens is 452 g/mol. The van der Waals surface area contributed by atoms with Crippen molar-refractivity contribution in [1.82, 2.24) is 9.88 Å². The molecule has 0 atom stereocenters. The zero-order valence-corrected chi connectivity index (χ0v) is 21.0. The number of aromatic nitrogens is 1. The number of fused-ring (bicyclic) bond motifs is 1. The number of carbonyl (C=O) groups excluding carboxylic acids is 2. The van der Waals surface area contributed by atoms with Gasteiger partial charge >= 0.3 is 0 Å². The number of nitrogens with zero attached hydrogens (tertiary/aromatic N) is 2. The van der Waals surface area contributed by atoms with E-state index in [-0.39, 0.29) is 5.76 Å². The molecule has 1 saturated carbocycles. The number of nitrogens with one attached hydrogen (secondary N) is 2. The molecule has 8 heteroatoms. The second-order valence-electron chi connectivity index (χ2n) is 9.22. The van der Waals surface area contributed by atoms with Crippen molar-refractivity contribution in [3.05, 3.63) is 52.9 Å². The van der Waals surface area contributed by atoms with E-state index >= 15 is 0 Å². The monoisotopic (exact) mass is 484 g/mol. The van der Waals surface area contributed by atoms with E-state index in [4.69, 9.17) is 16.0 Å². The molecule has 1 aliphatic rings. The summed E-state index contributed by atoms with van der Waals surface area (Å²) in [5, 5.41) is 6.25. The average molecular weight is 485 g/mol. The van der Waals surface area contributed by atoms with Crippen LogP contribution in [0.15, 0.2) is 40.9 Å². The molecule has 182 valence electrons. The summed E-state index contributed by atoms with van der Waals surface area (Å²) in [6.07, 6.45) is 7.75. The number of hydrogen-bond donors (Lipinski definition) is 2. The first-order chi connectivity index (χ1) is 16.3. The molecule has 0 bridgehead atoms. The van der Waals surface area contributed by atoms with E-state index in [1.54, 1.807) is 18.2 Å². The molecule has 1 aliphatic carbocycles. The van der Waals surface area contributed by atoms with Crippen molar-refractivity contribution in [2.45, 2.75) is 39.5 Å². The third-order valence-corrected chi connectivity index (χ3v) is 6.27. The zero-order valence-electron chi connectivity index (χ0n) is 20.2. The van der Waals surface area contributed by atoms with Crippen molar-refractivity contribution in [2.24, 2.45) is 11.8 Å². The number of amides is 2. The van der Waals surface area contributed by atoms with Crippen molar-refractivity contribution in [3.63, 3.8) is 0 Å². The highest BCUT2D eigenvalue weighted by Gasteiger charge is 2.22. The van der Waals surface area contributed by atoms with Gasteiger partial charge in [-0.1, -0.05) is 43.5 Å². The van der Waals surface area contributed by atoms with Crippen LogP contribution in [0, 0.1) is 18.8 Å². The Labute approximate surface area is 205 Å². The number of anilines is 2. The first-order valence-electron chi connectivity index (χ1n) is 11.6. The summed E-state index contributed by atoms with van der Waals surface area (Å²) in [4.78, 5) is 29.6. The Balaban J connectivity index is 0.000000248. The number of furan rings is 1. The molecule has 1 aromatic carbocycles. The Morgan fingerprint density at radius 2 is 1.94 bits per heavy atom. The fourth-order valence-corrected chi connectivity index (χ4v) is 4.39. The Kier molecular flexibility index (Phi) is 9.07. The number of benzene rings is 1. The smallest absolute Gasteiger partial charge is 0.294 e. The quantitative estimate of drug-likeness (QED) is 0.420. The summed E-state index contributed by atoms with van der Waals surface area (Å²) < 4.78 is 5.65. The van der Waals surface area contributed by atoms with Gasteiger partial charge in [0.05, 0.1) is 5.02 Å². The van der Waals surface area contributed by atoms with Crippen molar-refractivity contribution in [2.75, 3.05) is 31.3 Å².